The molecular weight excluding hydrogens is 246 g/mol. The molecule has 2 rings (SSSR count). The number of fused-ring (bicyclic) bond motifs is 1. The van der Waals surface area contributed by atoms with Crippen molar-refractivity contribution in [3.63, 3.8) is 0 Å². The van der Waals surface area contributed by atoms with Gasteiger partial charge in [-0.05, 0) is 18.8 Å². The van der Waals surface area contributed by atoms with Crippen molar-refractivity contribution in [2.75, 3.05) is 19.7 Å². The number of ether oxygens (including phenoxy) is 1. The van der Waals surface area contributed by atoms with E-state index in [0.29, 0.717) is 13.0 Å². The van der Waals surface area contributed by atoms with Crippen molar-refractivity contribution < 1.29 is 19.4 Å². The smallest absolute Gasteiger partial charge is 0.410 e. The quantitative estimate of drug-likeness (QED) is 0.797. The van der Waals surface area contributed by atoms with Gasteiger partial charge in [0.15, 0.2) is 0 Å². The van der Waals surface area contributed by atoms with Gasteiger partial charge in [-0.2, -0.15) is 0 Å². The Bertz CT molecular complexity index is 382. The summed E-state index contributed by atoms with van der Waals surface area (Å²) in [7, 11) is 0. The monoisotopic (exact) mass is 267 g/mol. The van der Waals surface area contributed by atoms with Crippen molar-refractivity contribution in [2.45, 2.75) is 32.1 Å². The standard InChI is InChI=1S/C14H21NO4/c1-2-8-19-13(18)15-9-11-6-4-3-5-7-14(11,10-15)12(16)17/h2,11H,1,3-10H2,(H,16,17). The van der Waals surface area contributed by atoms with E-state index in [-0.39, 0.29) is 19.1 Å². The van der Waals surface area contributed by atoms with Crippen LogP contribution in [-0.4, -0.2) is 41.8 Å². The van der Waals surface area contributed by atoms with Gasteiger partial charge in [-0.3, -0.25) is 4.79 Å². The molecule has 2 atom stereocenters. The number of amides is 1. The molecule has 0 spiro atoms. The highest BCUT2D eigenvalue weighted by atomic mass is 16.6. The largest absolute Gasteiger partial charge is 0.481 e. The van der Waals surface area contributed by atoms with Crippen LogP contribution < -0.4 is 0 Å². The highest BCUT2D eigenvalue weighted by Crippen LogP contribution is 2.45. The number of carbonyl (C=O) groups is 2. The van der Waals surface area contributed by atoms with E-state index < -0.39 is 17.5 Å². The number of rotatable bonds is 3. The molecule has 2 aliphatic rings. The Morgan fingerprint density at radius 1 is 1.42 bits per heavy atom. The van der Waals surface area contributed by atoms with Crippen molar-refractivity contribution >= 4 is 12.1 Å². The Hall–Kier alpha value is -1.52. The SMILES string of the molecule is C=CCOC(=O)N1CC2CCCCCC2(C(=O)O)C1. The summed E-state index contributed by atoms with van der Waals surface area (Å²) in [5, 5.41) is 9.60. The third-order valence-corrected chi connectivity index (χ3v) is 4.38. The summed E-state index contributed by atoms with van der Waals surface area (Å²) in [6.45, 7) is 4.45. The molecule has 0 aromatic carbocycles. The first kappa shape index (κ1) is 13.9. The van der Waals surface area contributed by atoms with E-state index in [1.807, 2.05) is 0 Å². The molecule has 106 valence electrons. The lowest BCUT2D eigenvalue weighted by atomic mass is 9.74. The number of hydrogen-bond donors (Lipinski definition) is 1. The summed E-state index contributed by atoms with van der Waals surface area (Å²) in [4.78, 5) is 25.1. The molecule has 1 heterocycles. The molecule has 0 aromatic rings. The first-order chi connectivity index (χ1) is 9.10. The second-order valence-corrected chi connectivity index (χ2v) is 5.50. The molecule has 1 N–H and O–H groups in total. The maximum absolute atomic E-state index is 11.9. The van der Waals surface area contributed by atoms with E-state index in [1.165, 1.54) is 6.08 Å². The van der Waals surface area contributed by atoms with Crippen LogP contribution in [0, 0.1) is 11.3 Å². The fraction of sp³-hybridized carbons (Fsp3) is 0.714. The number of carboxylic acids is 1. The van der Waals surface area contributed by atoms with E-state index in [1.54, 1.807) is 4.90 Å². The van der Waals surface area contributed by atoms with E-state index in [2.05, 4.69) is 6.58 Å². The number of hydrogen-bond acceptors (Lipinski definition) is 3. The zero-order chi connectivity index (χ0) is 13.9. The highest BCUT2D eigenvalue weighted by Gasteiger charge is 2.53. The average molecular weight is 267 g/mol. The average Bonchev–Trinajstić information content (AvgIpc) is 2.65. The van der Waals surface area contributed by atoms with Gasteiger partial charge in [0.05, 0.1) is 5.41 Å². The Morgan fingerprint density at radius 3 is 2.89 bits per heavy atom. The fourth-order valence-electron chi connectivity index (χ4n) is 3.34. The van der Waals surface area contributed by atoms with Gasteiger partial charge >= 0.3 is 12.1 Å². The Morgan fingerprint density at radius 2 is 2.21 bits per heavy atom. The highest BCUT2D eigenvalue weighted by molar-refractivity contribution is 5.78. The van der Waals surface area contributed by atoms with Gasteiger partial charge in [0.2, 0.25) is 0 Å². The lowest BCUT2D eigenvalue weighted by Crippen LogP contribution is -2.39. The third-order valence-electron chi connectivity index (χ3n) is 4.38. The first-order valence-electron chi connectivity index (χ1n) is 6.86. The summed E-state index contributed by atoms with van der Waals surface area (Å²) in [5.74, 6) is -0.706. The van der Waals surface area contributed by atoms with Crippen molar-refractivity contribution in [1.29, 1.82) is 0 Å². The van der Waals surface area contributed by atoms with Gasteiger partial charge in [-0.15, -0.1) is 0 Å². The first-order valence-corrected chi connectivity index (χ1v) is 6.86. The second kappa shape index (κ2) is 5.63. The minimum absolute atomic E-state index is 0.0591. The van der Waals surface area contributed by atoms with Crippen LogP contribution >= 0.6 is 0 Å². The summed E-state index contributed by atoms with van der Waals surface area (Å²) < 4.78 is 5.01. The van der Waals surface area contributed by atoms with Crippen LogP contribution in [0.15, 0.2) is 12.7 Å². The van der Waals surface area contributed by atoms with Gasteiger partial charge < -0.3 is 14.7 Å². The predicted molar refractivity (Wildman–Crippen MR) is 69.8 cm³/mol. The van der Waals surface area contributed by atoms with Crippen molar-refractivity contribution in [3.05, 3.63) is 12.7 Å². The normalized spacial score (nSPS) is 30.3. The Kier molecular flexibility index (Phi) is 4.12. The maximum atomic E-state index is 11.9. The lowest BCUT2D eigenvalue weighted by Gasteiger charge is -2.27. The predicted octanol–water partition coefficient (Wildman–Crippen LogP) is 2.28. The molecule has 19 heavy (non-hydrogen) atoms. The third kappa shape index (κ3) is 2.60. The summed E-state index contributed by atoms with van der Waals surface area (Å²) in [6.07, 6.45) is 5.71. The van der Waals surface area contributed by atoms with E-state index in [0.717, 1.165) is 25.7 Å². The lowest BCUT2D eigenvalue weighted by molar-refractivity contribution is -0.150. The van der Waals surface area contributed by atoms with Gasteiger partial charge in [-0.1, -0.05) is 31.9 Å². The van der Waals surface area contributed by atoms with Crippen molar-refractivity contribution in [1.82, 2.24) is 4.90 Å². The molecule has 1 amide bonds. The zero-order valence-corrected chi connectivity index (χ0v) is 11.1. The molecular formula is C14H21NO4. The van der Waals surface area contributed by atoms with Crippen molar-refractivity contribution in [3.8, 4) is 0 Å². The van der Waals surface area contributed by atoms with Crippen LogP contribution in [0.3, 0.4) is 0 Å². The molecule has 1 saturated carbocycles. The fourth-order valence-corrected chi connectivity index (χ4v) is 3.34. The number of likely N-dealkylation sites (tertiary alicyclic amines) is 1. The minimum atomic E-state index is -0.765. The van der Waals surface area contributed by atoms with Crippen LogP contribution in [0.25, 0.3) is 0 Å². The molecule has 2 fully saturated rings. The molecule has 0 radical (unpaired) electrons. The van der Waals surface area contributed by atoms with Crippen LogP contribution in [0.4, 0.5) is 4.79 Å². The van der Waals surface area contributed by atoms with Crippen molar-refractivity contribution in [2.24, 2.45) is 11.3 Å². The minimum Gasteiger partial charge on any atom is -0.481 e. The van der Waals surface area contributed by atoms with E-state index in [9.17, 15) is 14.7 Å². The molecule has 1 aliphatic carbocycles. The van der Waals surface area contributed by atoms with Gasteiger partial charge in [-0.25, -0.2) is 4.79 Å². The van der Waals surface area contributed by atoms with Gasteiger partial charge in [0.25, 0.3) is 0 Å². The van der Waals surface area contributed by atoms with Gasteiger partial charge in [0.1, 0.15) is 6.61 Å². The molecule has 5 heteroatoms. The van der Waals surface area contributed by atoms with Crippen LogP contribution in [0.2, 0.25) is 0 Å². The second-order valence-electron chi connectivity index (χ2n) is 5.50. The molecule has 0 bridgehead atoms. The molecule has 1 saturated heterocycles. The zero-order valence-electron chi connectivity index (χ0n) is 11.1. The maximum Gasteiger partial charge on any atom is 0.410 e. The van der Waals surface area contributed by atoms with Crippen LogP contribution in [0.1, 0.15) is 32.1 Å². The molecule has 5 nitrogen and oxygen atoms in total. The number of carbonyl (C=O) groups excluding carboxylic acids is 1. The van der Waals surface area contributed by atoms with E-state index in [4.69, 9.17) is 4.74 Å². The van der Waals surface area contributed by atoms with Crippen LogP contribution in [-0.2, 0) is 9.53 Å². The Labute approximate surface area is 113 Å². The summed E-state index contributed by atoms with van der Waals surface area (Å²) >= 11 is 0. The number of aliphatic carboxylic acids is 1. The Balaban J connectivity index is 2.11. The number of nitrogens with zero attached hydrogens (tertiary/aromatic N) is 1. The van der Waals surface area contributed by atoms with E-state index >= 15 is 0 Å². The summed E-state index contributed by atoms with van der Waals surface area (Å²) in [5.41, 5.74) is -0.760. The van der Waals surface area contributed by atoms with Crippen LogP contribution in [0.5, 0.6) is 0 Å². The number of carboxylic acid groups (broad SMARTS) is 1. The topological polar surface area (TPSA) is 66.8 Å². The van der Waals surface area contributed by atoms with Gasteiger partial charge in [0, 0.05) is 13.1 Å². The molecule has 1 aliphatic heterocycles. The molecule has 2 unspecified atom stereocenters. The summed E-state index contributed by atoms with van der Waals surface area (Å²) in [6, 6.07) is 0. The molecule has 0 aromatic heterocycles.